The molecule has 298 valence electrons. The molecule has 50 heavy (non-hydrogen) atoms. The third kappa shape index (κ3) is 44.9. The number of hydrogen-bond acceptors (Lipinski definition) is 11. The van der Waals surface area contributed by atoms with Crippen LogP contribution in [0.1, 0.15) is 110 Å². The SMILES string of the molecule is C=CCOCCOCCOCCOCCOCCOCCOCCOCCOCCOC(=O)CCCCCCCCCCCCCCCCC. The van der Waals surface area contributed by atoms with Gasteiger partial charge in [-0.3, -0.25) is 4.79 Å². The Morgan fingerprint density at radius 1 is 0.380 bits per heavy atom. The molecule has 0 bridgehead atoms. The van der Waals surface area contributed by atoms with Crippen molar-refractivity contribution in [1.82, 2.24) is 0 Å². The largest absolute Gasteiger partial charge is 0.463 e. The van der Waals surface area contributed by atoms with Crippen LogP contribution >= 0.6 is 0 Å². The second-order valence-electron chi connectivity index (χ2n) is 12.2. The standard InChI is InChI=1S/C39H76O11/c1-3-5-6-7-8-9-10-11-12-13-14-15-16-17-18-19-39(40)50-38-37-49-36-35-48-34-33-47-32-31-46-30-29-45-28-27-44-26-25-43-24-23-42-22-21-41-20-4-2/h4H,2-3,5-38H2,1H3. The molecule has 11 heteroatoms. The minimum Gasteiger partial charge on any atom is -0.463 e. The molecule has 0 saturated heterocycles. The summed E-state index contributed by atoms with van der Waals surface area (Å²) in [6, 6.07) is 0. The molecule has 0 rings (SSSR count). The first kappa shape index (κ1) is 48.9. The molecule has 0 fully saturated rings. The first-order chi connectivity index (χ1) is 24.8. The number of hydrogen-bond donors (Lipinski definition) is 0. The maximum atomic E-state index is 11.9. The molecule has 0 saturated carbocycles. The molecule has 0 aromatic rings. The zero-order valence-electron chi connectivity index (χ0n) is 32.0. The van der Waals surface area contributed by atoms with Gasteiger partial charge in [0.1, 0.15) is 6.61 Å². The molecular formula is C39H76O11. The van der Waals surface area contributed by atoms with Crippen LogP contribution in [0.4, 0.5) is 0 Å². The fraction of sp³-hybridized carbons (Fsp3) is 0.923. The van der Waals surface area contributed by atoms with E-state index in [1.54, 1.807) is 6.08 Å². The molecule has 0 aliphatic heterocycles. The van der Waals surface area contributed by atoms with Crippen molar-refractivity contribution in [2.75, 3.05) is 126 Å². The summed E-state index contributed by atoms with van der Waals surface area (Å²) in [5, 5.41) is 0. The van der Waals surface area contributed by atoms with Gasteiger partial charge in [-0.1, -0.05) is 103 Å². The smallest absolute Gasteiger partial charge is 0.305 e. The summed E-state index contributed by atoms with van der Waals surface area (Å²) in [4.78, 5) is 11.9. The van der Waals surface area contributed by atoms with Crippen molar-refractivity contribution < 1.29 is 52.2 Å². The van der Waals surface area contributed by atoms with Gasteiger partial charge in [0.05, 0.1) is 119 Å². The van der Waals surface area contributed by atoms with Gasteiger partial charge in [0.2, 0.25) is 0 Å². The van der Waals surface area contributed by atoms with Crippen LogP contribution in [0.2, 0.25) is 0 Å². The first-order valence-corrected chi connectivity index (χ1v) is 19.8. The Balaban J connectivity index is 3.13. The number of esters is 1. The Kier molecular flexibility index (Phi) is 44.8. The van der Waals surface area contributed by atoms with E-state index < -0.39 is 0 Å². The van der Waals surface area contributed by atoms with Crippen molar-refractivity contribution >= 4 is 5.97 Å². The highest BCUT2D eigenvalue weighted by Crippen LogP contribution is 2.13. The lowest BCUT2D eigenvalue weighted by atomic mass is 10.0. The molecule has 0 radical (unpaired) electrons. The van der Waals surface area contributed by atoms with Crippen LogP contribution in [0.25, 0.3) is 0 Å². The lowest BCUT2D eigenvalue weighted by Gasteiger charge is -2.09. The number of ether oxygens (including phenoxy) is 10. The third-order valence-corrected chi connectivity index (χ3v) is 7.69. The molecule has 0 heterocycles. The van der Waals surface area contributed by atoms with Crippen LogP contribution in [0.5, 0.6) is 0 Å². The topological polar surface area (TPSA) is 109 Å². The Hall–Kier alpha value is -1.15. The monoisotopic (exact) mass is 721 g/mol. The van der Waals surface area contributed by atoms with Gasteiger partial charge in [-0.15, -0.1) is 6.58 Å². The summed E-state index contributed by atoms with van der Waals surface area (Å²) in [6.45, 7) is 15.3. The second kappa shape index (κ2) is 45.9. The molecule has 0 spiro atoms. The number of unbranched alkanes of at least 4 members (excludes halogenated alkanes) is 14. The van der Waals surface area contributed by atoms with Crippen molar-refractivity contribution in [3.05, 3.63) is 12.7 Å². The molecule has 0 aromatic heterocycles. The average molecular weight is 721 g/mol. The average Bonchev–Trinajstić information content (AvgIpc) is 3.12. The maximum absolute atomic E-state index is 11.9. The van der Waals surface area contributed by atoms with Gasteiger partial charge in [-0.2, -0.15) is 0 Å². The molecule has 0 aliphatic carbocycles. The molecular weight excluding hydrogens is 644 g/mol. The quantitative estimate of drug-likeness (QED) is 0.0364. The number of carbonyl (C=O) groups excluding carboxylic acids is 1. The number of carbonyl (C=O) groups is 1. The number of rotatable bonds is 45. The van der Waals surface area contributed by atoms with Crippen LogP contribution < -0.4 is 0 Å². The van der Waals surface area contributed by atoms with Gasteiger partial charge in [0, 0.05) is 6.42 Å². The lowest BCUT2D eigenvalue weighted by molar-refractivity contribution is -0.145. The van der Waals surface area contributed by atoms with E-state index in [9.17, 15) is 4.79 Å². The minimum absolute atomic E-state index is 0.128. The summed E-state index contributed by atoms with van der Waals surface area (Å²) in [7, 11) is 0. The van der Waals surface area contributed by atoms with E-state index in [1.165, 1.54) is 83.5 Å². The zero-order valence-corrected chi connectivity index (χ0v) is 32.0. The molecule has 0 unspecified atom stereocenters. The van der Waals surface area contributed by atoms with Crippen LogP contribution in [0.3, 0.4) is 0 Å². The normalized spacial score (nSPS) is 11.4. The molecule has 11 nitrogen and oxygen atoms in total. The van der Waals surface area contributed by atoms with Gasteiger partial charge < -0.3 is 47.4 Å². The van der Waals surface area contributed by atoms with Crippen LogP contribution in [0, 0.1) is 0 Å². The van der Waals surface area contributed by atoms with Gasteiger partial charge >= 0.3 is 5.97 Å². The predicted molar refractivity (Wildman–Crippen MR) is 198 cm³/mol. The summed E-state index contributed by atoms with van der Waals surface area (Å²) in [5.41, 5.74) is 0. The second-order valence-corrected chi connectivity index (χ2v) is 12.2. The lowest BCUT2D eigenvalue weighted by Crippen LogP contribution is -2.15. The Labute approximate surface area is 305 Å². The predicted octanol–water partition coefficient (Wildman–Crippen LogP) is 7.13. The van der Waals surface area contributed by atoms with Crippen LogP contribution in [-0.2, 0) is 52.2 Å². The fourth-order valence-corrected chi connectivity index (χ4v) is 4.85. The van der Waals surface area contributed by atoms with E-state index in [0.717, 1.165) is 12.8 Å². The summed E-state index contributed by atoms with van der Waals surface area (Å²) < 4.78 is 54.2. The summed E-state index contributed by atoms with van der Waals surface area (Å²) in [6.07, 6.45) is 22.0. The first-order valence-electron chi connectivity index (χ1n) is 19.8. The van der Waals surface area contributed by atoms with Gasteiger partial charge in [0.15, 0.2) is 0 Å². The van der Waals surface area contributed by atoms with E-state index >= 15 is 0 Å². The molecule has 0 atom stereocenters. The Morgan fingerprint density at radius 2 is 0.640 bits per heavy atom. The molecule has 0 aromatic carbocycles. The van der Waals surface area contributed by atoms with Crippen molar-refractivity contribution in [3.63, 3.8) is 0 Å². The van der Waals surface area contributed by atoms with E-state index in [2.05, 4.69) is 13.5 Å². The summed E-state index contributed by atoms with van der Waals surface area (Å²) in [5.74, 6) is -0.128. The van der Waals surface area contributed by atoms with E-state index in [-0.39, 0.29) is 5.97 Å². The van der Waals surface area contributed by atoms with Crippen LogP contribution in [0.15, 0.2) is 12.7 Å². The molecule has 0 N–H and O–H groups in total. The van der Waals surface area contributed by atoms with Gasteiger partial charge in [0.25, 0.3) is 0 Å². The van der Waals surface area contributed by atoms with Crippen molar-refractivity contribution in [2.45, 2.75) is 110 Å². The Bertz CT molecular complexity index is 654. The van der Waals surface area contributed by atoms with Crippen molar-refractivity contribution in [3.8, 4) is 0 Å². The van der Waals surface area contributed by atoms with E-state index in [0.29, 0.717) is 132 Å². The van der Waals surface area contributed by atoms with E-state index in [1.807, 2.05) is 0 Å². The van der Waals surface area contributed by atoms with E-state index in [4.69, 9.17) is 47.4 Å². The van der Waals surface area contributed by atoms with Gasteiger partial charge in [-0.25, -0.2) is 0 Å². The Morgan fingerprint density at radius 3 is 0.940 bits per heavy atom. The van der Waals surface area contributed by atoms with Gasteiger partial charge in [-0.05, 0) is 6.42 Å². The zero-order chi connectivity index (χ0) is 36.1. The highest BCUT2D eigenvalue weighted by atomic mass is 16.6. The molecule has 0 amide bonds. The minimum atomic E-state index is -0.128. The van der Waals surface area contributed by atoms with Crippen LogP contribution in [-0.4, -0.2) is 132 Å². The maximum Gasteiger partial charge on any atom is 0.305 e. The molecule has 0 aliphatic rings. The van der Waals surface area contributed by atoms with Crippen molar-refractivity contribution in [2.24, 2.45) is 0 Å². The third-order valence-electron chi connectivity index (χ3n) is 7.69. The highest BCUT2D eigenvalue weighted by Gasteiger charge is 2.03. The fourth-order valence-electron chi connectivity index (χ4n) is 4.85. The van der Waals surface area contributed by atoms with Crippen molar-refractivity contribution in [1.29, 1.82) is 0 Å². The highest BCUT2D eigenvalue weighted by molar-refractivity contribution is 5.69. The summed E-state index contributed by atoms with van der Waals surface area (Å²) >= 11 is 0.